The van der Waals surface area contributed by atoms with Crippen LogP contribution >= 0.6 is 16.1 Å². The number of hydrogen-bond acceptors (Lipinski definition) is 16. The minimum atomic E-state index is -4.87. The number of aliphatic hydroxyl groups is 1. The monoisotopic (exact) mass is 658 g/mol. The number of anilines is 2. The first kappa shape index (κ1) is 30.7. The molecule has 0 radical (unpaired) electrons. The van der Waals surface area contributed by atoms with Crippen LogP contribution in [-0.2, 0) is 32.2 Å². The van der Waals surface area contributed by atoms with Crippen LogP contribution in [0.5, 0.6) is 0 Å². The summed E-state index contributed by atoms with van der Waals surface area (Å²) in [7, 11) is -8.17. The lowest BCUT2D eigenvalue weighted by Gasteiger charge is -2.23. The molecule has 8 N–H and O–H groups in total. The molecule has 0 bridgehead atoms. The highest BCUT2D eigenvalue weighted by atomic mass is 31.2. The van der Waals surface area contributed by atoms with E-state index in [9.17, 15) is 23.9 Å². The molecule has 2 fully saturated rings. The second-order valence-electron chi connectivity index (χ2n) is 10.1. The molecule has 6 heterocycles. The van der Waals surface area contributed by atoms with Gasteiger partial charge in [0.15, 0.2) is 28.9 Å². The van der Waals surface area contributed by atoms with Gasteiger partial charge in [0.05, 0.1) is 38.1 Å². The van der Waals surface area contributed by atoms with Crippen molar-refractivity contribution in [2.45, 2.75) is 50.2 Å². The van der Waals surface area contributed by atoms with Gasteiger partial charge in [-0.3, -0.25) is 32.5 Å². The van der Waals surface area contributed by atoms with Gasteiger partial charge in [-0.15, -0.1) is 0 Å². The number of fused-ring (bicyclic) bond motifs is 2. The van der Waals surface area contributed by atoms with Crippen molar-refractivity contribution in [3.8, 4) is 0 Å². The van der Waals surface area contributed by atoms with E-state index >= 15 is 0 Å². The Labute approximate surface area is 246 Å². The molecule has 0 spiro atoms. The molecule has 9 atom stereocenters. The summed E-state index contributed by atoms with van der Waals surface area (Å²) in [4.78, 5) is 54.7. The lowest BCUT2D eigenvalue weighted by atomic mass is 10.0. The Balaban J connectivity index is 1.17. The maximum atomic E-state index is 13.1. The number of phosphoric acid groups is 1. The van der Waals surface area contributed by atoms with Crippen LogP contribution in [0.1, 0.15) is 25.8 Å². The van der Waals surface area contributed by atoms with Crippen LogP contribution in [-0.4, -0.2) is 91.6 Å². The molecule has 0 amide bonds. The highest BCUT2D eigenvalue weighted by molar-refractivity contribution is 7.47. The Kier molecular flexibility index (Phi) is 8.26. The Morgan fingerprint density at radius 3 is 2.59 bits per heavy atom. The second kappa shape index (κ2) is 11.9. The van der Waals surface area contributed by atoms with Crippen LogP contribution < -0.4 is 17.0 Å². The van der Waals surface area contributed by atoms with Crippen LogP contribution in [0.4, 0.5) is 11.8 Å². The minimum absolute atomic E-state index is 0.00240. The number of nitrogens with zero attached hydrogens (tertiary/aromatic N) is 7. The average molecular weight is 658 g/mol. The van der Waals surface area contributed by atoms with Gasteiger partial charge in [-0.05, 0) is 0 Å². The number of aliphatic hydroxyl groups excluding tert-OH is 1. The topological polar surface area (TPSA) is 300 Å². The normalized spacial score (nSPS) is 29.4. The van der Waals surface area contributed by atoms with Crippen LogP contribution in [0.15, 0.2) is 23.8 Å². The summed E-state index contributed by atoms with van der Waals surface area (Å²) in [6, 6.07) is 0. The summed E-state index contributed by atoms with van der Waals surface area (Å²) in [5, 5.41) is 10.8. The van der Waals surface area contributed by atoms with E-state index in [1.165, 1.54) is 23.5 Å². The van der Waals surface area contributed by atoms with E-state index in [1.54, 1.807) is 11.5 Å². The molecule has 0 aliphatic carbocycles. The number of nitrogens with two attached hydrogens (primary N) is 2. The predicted molar refractivity (Wildman–Crippen MR) is 148 cm³/mol. The fourth-order valence-corrected chi connectivity index (χ4v) is 6.49. The molecule has 4 aromatic heterocycles. The number of nitrogens with one attached hydrogen (secondary N) is 1. The first-order valence-electron chi connectivity index (χ1n) is 13.1. The third-order valence-corrected chi connectivity index (χ3v) is 8.70. The molecule has 0 aromatic carbocycles. The van der Waals surface area contributed by atoms with Gasteiger partial charge in [-0.1, -0.05) is 6.92 Å². The van der Waals surface area contributed by atoms with Crippen LogP contribution in [0.3, 0.4) is 0 Å². The lowest BCUT2D eigenvalue weighted by molar-refractivity contribution is -0.0586. The zero-order valence-corrected chi connectivity index (χ0v) is 24.6. The van der Waals surface area contributed by atoms with Crippen molar-refractivity contribution in [2.24, 2.45) is 5.92 Å². The van der Waals surface area contributed by atoms with Crippen molar-refractivity contribution in [3.05, 3.63) is 29.3 Å². The van der Waals surface area contributed by atoms with Crippen molar-refractivity contribution < 1.29 is 47.1 Å². The maximum Gasteiger partial charge on any atom is 0.472 e. The van der Waals surface area contributed by atoms with Crippen LogP contribution in [0.25, 0.3) is 22.3 Å². The van der Waals surface area contributed by atoms with Crippen molar-refractivity contribution in [3.63, 3.8) is 0 Å². The third-order valence-electron chi connectivity index (χ3n) is 7.28. The quantitative estimate of drug-likeness (QED) is 0.114. The van der Waals surface area contributed by atoms with Gasteiger partial charge in [0.2, 0.25) is 5.95 Å². The van der Waals surface area contributed by atoms with Gasteiger partial charge < -0.3 is 40.4 Å². The molecule has 2 saturated heterocycles. The summed E-state index contributed by atoms with van der Waals surface area (Å²) < 4.78 is 54.4. The highest BCUT2D eigenvalue weighted by Gasteiger charge is 2.46. The van der Waals surface area contributed by atoms with Gasteiger partial charge in [-0.25, -0.2) is 24.5 Å². The summed E-state index contributed by atoms with van der Waals surface area (Å²) in [6.07, 6.45) is -2.39. The van der Waals surface area contributed by atoms with Crippen LogP contribution in [0, 0.1) is 5.92 Å². The fourth-order valence-electron chi connectivity index (χ4n) is 5.23. The molecule has 23 heteroatoms. The second-order valence-corrected chi connectivity index (χ2v) is 12.4. The van der Waals surface area contributed by atoms with Crippen LogP contribution in [0.2, 0.25) is 0 Å². The summed E-state index contributed by atoms with van der Waals surface area (Å²) in [5.41, 5.74) is 11.6. The Hall–Kier alpha value is -3.36. The smallest absolute Gasteiger partial charge is 0.390 e. The summed E-state index contributed by atoms with van der Waals surface area (Å²) in [6.45, 7) is 0.828. The summed E-state index contributed by atoms with van der Waals surface area (Å²) >= 11 is 0. The standard InChI is InChI=1S/C21H28N10O11P2/c1-8-14(32)11(41-19(8)30-6-26-12-15(22)24-5-25-16(12)30)4-39-44(36,37)42-10-2-9(3-38-43(34)35)40-20(10)31-7-27-13-17(31)28-21(23)29-18(13)33/h5-11,14,19-20,32,43H,2-4H2,1H3,(H,34,35)(H,36,37)(H2,22,24,25)(H3,23,28,29,33)/t8-,9-,10+,11+,14-,19+,20+/m0/s1. The van der Waals surface area contributed by atoms with E-state index < -0.39 is 71.0 Å². The number of hydrogen-bond donors (Lipinski definition) is 6. The van der Waals surface area contributed by atoms with E-state index in [-0.39, 0.29) is 36.0 Å². The number of ether oxygens (including phenoxy) is 2. The fraction of sp³-hybridized carbons (Fsp3) is 0.524. The Morgan fingerprint density at radius 1 is 1.11 bits per heavy atom. The molecular weight excluding hydrogens is 630 g/mol. The van der Waals surface area contributed by atoms with Crippen molar-refractivity contribution >= 4 is 50.2 Å². The number of aromatic amines is 1. The number of phosphoric ester groups is 1. The van der Waals surface area contributed by atoms with Crippen molar-refractivity contribution in [2.75, 3.05) is 24.7 Å². The number of H-pyrrole nitrogens is 1. The molecule has 0 saturated carbocycles. The van der Waals surface area contributed by atoms with E-state index in [1.807, 2.05) is 0 Å². The van der Waals surface area contributed by atoms with Crippen molar-refractivity contribution in [1.29, 1.82) is 0 Å². The zero-order chi connectivity index (χ0) is 31.3. The minimum Gasteiger partial charge on any atom is -0.390 e. The maximum absolute atomic E-state index is 13.1. The van der Waals surface area contributed by atoms with Crippen molar-refractivity contribution in [1.82, 2.24) is 39.0 Å². The number of aromatic nitrogens is 8. The number of imidazole rings is 2. The molecule has 44 heavy (non-hydrogen) atoms. The average Bonchev–Trinajstić information content (AvgIpc) is 3.73. The summed E-state index contributed by atoms with van der Waals surface area (Å²) in [5.74, 6) is -0.556. The first-order chi connectivity index (χ1) is 20.9. The molecule has 2 unspecified atom stereocenters. The first-order valence-corrected chi connectivity index (χ1v) is 15.8. The van der Waals surface area contributed by atoms with E-state index in [0.717, 1.165) is 0 Å². The van der Waals surface area contributed by atoms with Gasteiger partial charge in [0, 0.05) is 12.3 Å². The largest absolute Gasteiger partial charge is 0.472 e. The molecule has 2 aliphatic heterocycles. The number of rotatable bonds is 10. The van der Waals surface area contributed by atoms with Gasteiger partial charge in [-0.2, -0.15) is 4.98 Å². The van der Waals surface area contributed by atoms with Gasteiger partial charge >= 0.3 is 16.1 Å². The molecule has 4 aromatic rings. The third kappa shape index (κ3) is 5.86. The van der Waals surface area contributed by atoms with Gasteiger partial charge in [0.1, 0.15) is 30.3 Å². The number of nitrogen functional groups attached to an aromatic ring is 2. The van der Waals surface area contributed by atoms with Gasteiger partial charge in [0.25, 0.3) is 5.56 Å². The molecule has 6 rings (SSSR count). The molecule has 21 nitrogen and oxygen atoms in total. The SMILES string of the molecule is C[C@H]1[C@H](O)[C@@H](COP(=O)(O)O[C@@H]2C[C@@H](CO[PH](=O)O)O[C@H]2n2cnc3c(=O)[nH]c(N)nc32)O[C@H]1n1cnc2c(N)ncnc21. The molecular formula is C21H28N10O11P2. The molecule has 238 valence electrons. The molecule has 2 aliphatic rings. The van der Waals surface area contributed by atoms with E-state index in [4.69, 9.17) is 39.4 Å². The highest BCUT2D eigenvalue weighted by Crippen LogP contribution is 2.50. The van der Waals surface area contributed by atoms with E-state index in [2.05, 4.69) is 29.9 Å². The van der Waals surface area contributed by atoms with E-state index in [0.29, 0.717) is 11.2 Å². The Bertz CT molecular complexity index is 1820. The zero-order valence-electron chi connectivity index (χ0n) is 22.7. The predicted octanol–water partition coefficient (Wildman–Crippen LogP) is -0.793. The lowest BCUT2D eigenvalue weighted by Crippen LogP contribution is -2.29. The Morgan fingerprint density at radius 2 is 1.84 bits per heavy atom.